The highest BCUT2D eigenvalue weighted by atomic mass is 16.1. The molecule has 1 saturated carbocycles. The van der Waals surface area contributed by atoms with Crippen molar-refractivity contribution in [2.24, 2.45) is 10.9 Å². The average molecular weight is 282 g/mol. The third kappa shape index (κ3) is 8.77. The van der Waals surface area contributed by atoms with Crippen molar-refractivity contribution < 1.29 is 4.79 Å². The van der Waals surface area contributed by atoms with E-state index in [0.29, 0.717) is 24.9 Å². The smallest absolute Gasteiger partial charge is 0.220 e. The van der Waals surface area contributed by atoms with Gasteiger partial charge in [-0.05, 0) is 38.5 Å². The maximum Gasteiger partial charge on any atom is 0.220 e. The Kier molecular flexibility index (Phi) is 8.07. The van der Waals surface area contributed by atoms with Gasteiger partial charge in [0.05, 0.1) is 0 Å². The molecule has 5 nitrogen and oxygen atoms in total. The molecule has 3 N–H and O–H groups in total. The summed E-state index contributed by atoms with van der Waals surface area (Å²) in [5.74, 6) is 1.72. The van der Waals surface area contributed by atoms with Gasteiger partial charge in [0.1, 0.15) is 0 Å². The van der Waals surface area contributed by atoms with E-state index in [4.69, 9.17) is 0 Å². The zero-order chi connectivity index (χ0) is 14.8. The van der Waals surface area contributed by atoms with Crippen LogP contribution in [0, 0.1) is 5.92 Å². The van der Waals surface area contributed by atoms with Crippen LogP contribution in [0.25, 0.3) is 0 Å². The third-order valence-electron chi connectivity index (χ3n) is 3.13. The molecule has 0 aromatic heterocycles. The maximum absolute atomic E-state index is 11.5. The highest BCUT2D eigenvalue weighted by Gasteiger charge is 2.22. The Morgan fingerprint density at radius 2 is 2.05 bits per heavy atom. The van der Waals surface area contributed by atoms with E-state index in [0.717, 1.165) is 44.7 Å². The molecule has 0 atom stereocenters. The summed E-state index contributed by atoms with van der Waals surface area (Å²) in [7, 11) is 0. The van der Waals surface area contributed by atoms with E-state index in [9.17, 15) is 4.79 Å². The number of hydrogen-bond acceptors (Lipinski definition) is 2. The van der Waals surface area contributed by atoms with Crippen LogP contribution >= 0.6 is 0 Å². The van der Waals surface area contributed by atoms with E-state index in [-0.39, 0.29) is 5.91 Å². The minimum absolute atomic E-state index is 0.167. The molecule has 5 heteroatoms. The lowest BCUT2D eigenvalue weighted by Crippen LogP contribution is -2.38. The lowest BCUT2D eigenvalue weighted by molar-refractivity contribution is -0.121. The minimum Gasteiger partial charge on any atom is -0.357 e. The van der Waals surface area contributed by atoms with Gasteiger partial charge in [-0.15, -0.1) is 0 Å². The topological polar surface area (TPSA) is 65.5 Å². The third-order valence-corrected chi connectivity index (χ3v) is 3.13. The number of carbonyl (C=O) groups excluding carboxylic acids is 1. The molecule has 0 bridgehead atoms. The molecule has 0 unspecified atom stereocenters. The normalized spacial score (nSPS) is 15.3. The van der Waals surface area contributed by atoms with Gasteiger partial charge in [-0.3, -0.25) is 9.79 Å². The molecular formula is C15H30N4O. The Balaban J connectivity index is 2.14. The zero-order valence-electron chi connectivity index (χ0n) is 13.2. The molecule has 1 aliphatic rings. The van der Waals surface area contributed by atoms with E-state index in [2.05, 4.69) is 41.7 Å². The number of hydrogen-bond donors (Lipinski definition) is 3. The Bertz CT molecular complexity index is 311. The Morgan fingerprint density at radius 1 is 1.30 bits per heavy atom. The number of aliphatic imine (C=N–C) groups is 1. The number of rotatable bonds is 9. The maximum atomic E-state index is 11.5. The predicted octanol–water partition coefficient (Wildman–Crippen LogP) is 1.65. The van der Waals surface area contributed by atoms with Crippen molar-refractivity contribution in [3.63, 3.8) is 0 Å². The van der Waals surface area contributed by atoms with Crippen LogP contribution in [0.3, 0.4) is 0 Å². The monoisotopic (exact) mass is 282 g/mol. The molecule has 0 aromatic rings. The molecule has 116 valence electrons. The SMILES string of the molecule is CCNC(=NCCCC(=O)NC1CC1)NCCC(C)C. The van der Waals surface area contributed by atoms with E-state index in [1.165, 1.54) is 0 Å². The van der Waals surface area contributed by atoms with Crippen LogP contribution in [0.1, 0.15) is 52.9 Å². The van der Waals surface area contributed by atoms with Crippen LogP contribution in [0.4, 0.5) is 0 Å². The van der Waals surface area contributed by atoms with Gasteiger partial charge in [-0.25, -0.2) is 0 Å². The zero-order valence-corrected chi connectivity index (χ0v) is 13.2. The summed E-state index contributed by atoms with van der Waals surface area (Å²) in [6.45, 7) is 8.97. The highest BCUT2D eigenvalue weighted by molar-refractivity contribution is 5.79. The average Bonchev–Trinajstić information content (AvgIpc) is 3.18. The molecule has 0 aliphatic heterocycles. The van der Waals surface area contributed by atoms with Crippen molar-refractivity contribution in [2.75, 3.05) is 19.6 Å². The van der Waals surface area contributed by atoms with Crippen molar-refractivity contribution in [2.45, 2.75) is 58.9 Å². The first-order valence-corrected chi connectivity index (χ1v) is 7.93. The second-order valence-electron chi connectivity index (χ2n) is 5.82. The second-order valence-corrected chi connectivity index (χ2v) is 5.82. The summed E-state index contributed by atoms with van der Waals surface area (Å²) in [6, 6.07) is 0.459. The fraction of sp³-hybridized carbons (Fsp3) is 0.867. The minimum atomic E-state index is 0.167. The fourth-order valence-electron chi connectivity index (χ4n) is 1.78. The van der Waals surface area contributed by atoms with Crippen LogP contribution in [0.5, 0.6) is 0 Å². The van der Waals surface area contributed by atoms with Gasteiger partial charge in [0.15, 0.2) is 5.96 Å². The summed E-state index contributed by atoms with van der Waals surface area (Å²) in [6.07, 6.45) is 4.81. The number of carbonyl (C=O) groups is 1. The number of nitrogens with one attached hydrogen (secondary N) is 3. The molecule has 1 fully saturated rings. The Morgan fingerprint density at radius 3 is 2.65 bits per heavy atom. The van der Waals surface area contributed by atoms with Crippen molar-refractivity contribution >= 4 is 11.9 Å². The van der Waals surface area contributed by atoms with E-state index < -0.39 is 0 Å². The lowest BCUT2D eigenvalue weighted by atomic mass is 10.1. The van der Waals surface area contributed by atoms with Crippen molar-refractivity contribution in [1.29, 1.82) is 0 Å². The highest BCUT2D eigenvalue weighted by Crippen LogP contribution is 2.18. The van der Waals surface area contributed by atoms with E-state index >= 15 is 0 Å². The van der Waals surface area contributed by atoms with E-state index in [1.807, 2.05) is 0 Å². The Labute approximate surface area is 123 Å². The van der Waals surface area contributed by atoms with Crippen LogP contribution in [-0.2, 0) is 4.79 Å². The molecule has 0 aromatic carbocycles. The van der Waals surface area contributed by atoms with Crippen LogP contribution in [0.15, 0.2) is 4.99 Å². The summed E-state index contributed by atoms with van der Waals surface area (Å²) in [5.41, 5.74) is 0. The standard InChI is InChI=1S/C15H30N4O/c1-4-16-15(18-11-9-12(2)3)17-10-5-6-14(20)19-13-7-8-13/h12-13H,4-11H2,1-3H3,(H,19,20)(H2,16,17,18). The fourth-order valence-corrected chi connectivity index (χ4v) is 1.78. The first-order chi connectivity index (χ1) is 9.61. The van der Waals surface area contributed by atoms with Gasteiger partial charge in [0, 0.05) is 32.1 Å². The Hall–Kier alpha value is -1.26. The lowest BCUT2D eigenvalue weighted by Gasteiger charge is -2.12. The number of guanidine groups is 1. The number of nitrogens with zero attached hydrogens (tertiary/aromatic N) is 1. The molecule has 0 spiro atoms. The predicted molar refractivity (Wildman–Crippen MR) is 83.8 cm³/mol. The molecule has 0 saturated heterocycles. The van der Waals surface area contributed by atoms with Gasteiger partial charge in [0.25, 0.3) is 0 Å². The molecular weight excluding hydrogens is 252 g/mol. The van der Waals surface area contributed by atoms with Crippen LogP contribution in [-0.4, -0.2) is 37.5 Å². The van der Waals surface area contributed by atoms with Crippen molar-refractivity contribution in [3.05, 3.63) is 0 Å². The van der Waals surface area contributed by atoms with Gasteiger partial charge >= 0.3 is 0 Å². The molecule has 1 rings (SSSR count). The van der Waals surface area contributed by atoms with Gasteiger partial charge in [-0.1, -0.05) is 13.8 Å². The van der Waals surface area contributed by atoms with Crippen molar-refractivity contribution in [3.8, 4) is 0 Å². The summed E-state index contributed by atoms with van der Waals surface area (Å²) in [4.78, 5) is 16.0. The van der Waals surface area contributed by atoms with Gasteiger partial charge in [-0.2, -0.15) is 0 Å². The molecule has 0 heterocycles. The summed E-state index contributed by atoms with van der Waals surface area (Å²) in [5, 5.41) is 9.54. The summed E-state index contributed by atoms with van der Waals surface area (Å²) >= 11 is 0. The summed E-state index contributed by atoms with van der Waals surface area (Å²) < 4.78 is 0. The van der Waals surface area contributed by atoms with Gasteiger partial charge < -0.3 is 16.0 Å². The molecule has 1 amide bonds. The molecule has 20 heavy (non-hydrogen) atoms. The second kappa shape index (κ2) is 9.61. The first kappa shape index (κ1) is 16.8. The van der Waals surface area contributed by atoms with Crippen molar-refractivity contribution in [1.82, 2.24) is 16.0 Å². The largest absolute Gasteiger partial charge is 0.357 e. The van der Waals surface area contributed by atoms with Crippen LogP contribution in [0.2, 0.25) is 0 Å². The van der Waals surface area contributed by atoms with E-state index in [1.54, 1.807) is 0 Å². The quantitative estimate of drug-likeness (QED) is 0.342. The first-order valence-electron chi connectivity index (χ1n) is 7.93. The number of amides is 1. The van der Waals surface area contributed by atoms with Gasteiger partial charge in [0.2, 0.25) is 5.91 Å². The molecule has 1 aliphatic carbocycles. The van der Waals surface area contributed by atoms with Crippen LogP contribution < -0.4 is 16.0 Å². The molecule has 0 radical (unpaired) electrons.